The number of para-hydroxylation sites is 1. The number of hydrogen-bond donors (Lipinski definition) is 1. The normalized spacial score (nSPS) is 25.0. The number of hydrogen-bond acceptors (Lipinski definition) is 3. The Kier molecular flexibility index (Phi) is 4.27. The molecule has 2 atom stereocenters. The minimum Gasteiger partial charge on any atom is -0.338 e. The van der Waals surface area contributed by atoms with Crippen molar-refractivity contribution in [2.24, 2.45) is 0 Å². The predicted molar refractivity (Wildman–Crippen MR) is 94.8 cm³/mol. The summed E-state index contributed by atoms with van der Waals surface area (Å²) in [5, 5.41) is 8.45. The quantitative estimate of drug-likeness (QED) is 0.939. The first-order valence-electron chi connectivity index (χ1n) is 9.23. The largest absolute Gasteiger partial charge is 0.338 e. The van der Waals surface area contributed by atoms with Crippen molar-refractivity contribution in [3.05, 3.63) is 30.0 Å². The van der Waals surface area contributed by atoms with E-state index in [1.54, 1.807) is 0 Å². The minimum absolute atomic E-state index is 0.245. The molecule has 24 heavy (non-hydrogen) atoms. The number of likely N-dealkylation sites (tertiary alicyclic amines) is 2. The molecule has 3 heterocycles. The Labute approximate surface area is 143 Å². The molecule has 0 radical (unpaired) electrons. The minimum atomic E-state index is 0.245. The van der Waals surface area contributed by atoms with E-state index >= 15 is 0 Å². The Hall–Kier alpha value is -1.88. The van der Waals surface area contributed by atoms with E-state index in [0.717, 1.165) is 42.5 Å². The van der Waals surface area contributed by atoms with E-state index in [-0.39, 0.29) is 5.91 Å². The molecule has 2 unspecified atom stereocenters. The molecule has 4 rings (SSSR count). The number of amides is 1. The van der Waals surface area contributed by atoms with E-state index in [1.165, 1.54) is 19.4 Å². The maximum absolute atomic E-state index is 13.0. The lowest BCUT2D eigenvalue weighted by Crippen LogP contribution is -2.48. The van der Waals surface area contributed by atoms with Crippen LogP contribution in [0.4, 0.5) is 0 Å². The summed E-state index contributed by atoms with van der Waals surface area (Å²) in [7, 11) is 0. The fraction of sp³-hybridized carbons (Fsp3) is 0.579. The number of aromatic amines is 1. The van der Waals surface area contributed by atoms with Gasteiger partial charge in [-0.05, 0) is 44.8 Å². The molecule has 0 aliphatic carbocycles. The molecule has 5 heteroatoms. The number of likely N-dealkylation sites (N-methyl/N-ethyl adjacent to an activating group) is 1. The molecular weight excluding hydrogens is 300 g/mol. The zero-order chi connectivity index (χ0) is 16.5. The van der Waals surface area contributed by atoms with Gasteiger partial charge >= 0.3 is 0 Å². The zero-order valence-electron chi connectivity index (χ0n) is 14.4. The number of carbonyl (C=O) groups is 1. The standard InChI is InChI=1S/C19H26N4O/c1-2-22-11-5-9-17(22)18-10-6-12-23(18)19(24)13-16-14-7-3-4-8-15(14)20-21-16/h3-4,7-8,17-18H,2,5-6,9-13H2,1H3,(H,20,21). The number of nitrogens with one attached hydrogen (secondary N) is 1. The highest BCUT2D eigenvalue weighted by atomic mass is 16.2. The van der Waals surface area contributed by atoms with Crippen LogP contribution in [0.3, 0.4) is 0 Å². The summed E-state index contributed by atoms with van der Waals surface area (Å²) in [4.78, 5) is 17.7. The first-order valence-corrected chi connectivity index (χ1v) is 9.23. The molecular formula is C19H26N4O. The second-order valence-corrected chi connectivity index (χ2v) is 7.03. The van der Waals surface area contributed by atoms with Crippen LogP contribution in [0.25, 0.3) is 10.9 Å². The fourth-order valence-corrected chi connectivity index (χ4v) is 4.58. The average Bonchev–Trinajstić information content (AvgIpc) is 3.33. The van der Waals surface area contributed by atoms with Gasteiger partial charge in [-0.15, -0.1) is 0 Å². The Morgan fingerprint density at radius 3 is 2.88 bits per heavy atom. The number of aromatic nitrogens is 2. The molecule has 0 saturated carbocycles. The van der Waals surface area contributed by atoms with E-state index in [1.807, 2.05) is 24.3 Å². The van der Waals surface area contributed by atoms with Gasteiger partial charge in [-0.2, -0.15) is 5.10 Å². The first kappa shape index (κ1) is 15.6. The van der Waals surface area contributed by atoms with E-state index in [0.29, 0.717) is 18.5 Å². The van der Waals surface area contributed by atoms with Crippen molar-refractivity contribution in [2.45, 2.75) is 51.1 Å². The monoisotopic (exact) mass is 326 g/mol. The van der Waals surface area contributed by atoms with Crippen LogP contribution < -0.4 is 0 Å². The Balaban J connectivity index is 1.51. The first-order chi connectivity index (χ1) is 11.8. The number of rotatable bonds is 4. The van der Waals surface area contributed by atoms with Gasteiger partial charge in [-0.1, -0.05) is 25.1 Å². The third kappa shape index (κ3) is 2.71. The van der Waals surface area contributed by atoms with Gasteiger partial charge in [0.05, 0.1) is 17.6 Å². The third-order valence-electron chi connectivity index (χ3n) is 5.75. The smallest absolute Gasteiger partial charge is 0.228 e. The van der Waals surface area contributed by atoms with Gasteiger partial charge in [-0.25, -0.2) is 0 Å². The number of H-pyrrole nitrogens is 1. The van der Waals surface area contributed by atoms with Crippen molar-refractivity contribution in [3.63, 3.8) is 0 Å². The summed E-state index contributed by atoms with van der Waals surface area (Å²) in [6.45, 7) is 5.42. The summed E-state index contributed by atoms with van der Waals surface area (Å²) in [6, 6.07) is 8.95. The topological polar surface area (TPSA) is 52.2 Å². The van der Waals surface area contributed by atoms with Crippen molar-refractivity contribution < 1.29 is 4.79 Å². The molecule has 2 aliphatic heterocycles. The highest BCUT2D eigenvalue weighted by molar-refractivity contribution is 5.87. The van der Waals surface area contributed by atoms with Crippen LogP contribution in [0.15, 0.2) is 24.3 Å². The fourth-order valence-electron chi connectivity index (χ4n) is 4.58. The maximum atomic E-state index is 13.0. The van der Waals surface area contributed by atoms with Gasteiger partial charge < -0.3 is 4.90 Å². The summed E-state index contributed by atoms with van der Waals surface area (Å²) in [5.74, 6) is 0.245. The predicted octanol–water partition coefficient (Wildman–Crippen LogP) is 2.58. The van der Waals surface area contributed by atoms with Crippen molar-refractivity contribution in [1.82, 2.24) is 20.0 Å². The molecule has 2 aromatic rings. The highest BCUT2D eigenvalue weighted by Gasteiger charge is 2.39. The summed E-state index contributed by atoms with van der Waals surface area (Å²) in [6.07, 6.45) is 5.21. The summed E-state index contributed by atoms with van der Waals surface area (Å²) >= 11 is 0. The molecule has 1 aromatic carbocycles. The highest BCUT2D eigenvalue weighted by Crippen LogP contribution is 2.30. The van der Waals surface area contributed by atoms with Crippen molar-refractivity contribution in [3.8, 4) is 0 Å². The van der Waals surface area contributed by atoms with Gasteiger partial charge in [0.1, 0.15) is 0 Å². The lowest BCUT2D eigenvalue weighted by Gasteiger charge is -2.34. The van der Waals surface area contributed by atoms with E-state index in [2.05, 4.69) is 26.9 Å². The molecule has 5 nitrogen and oxygen atoms in total. The third-order valence-corrected chi connectivity index (χ3v) is 5.75. The van der Waals surface area contributed by atoms with Gasteiger partial charge in [0.15, 0.2) is 0 Å². The lowest BCUT2D eigenvalue weighted by atomic mass is 10.0. The molecule has 1 N–H and O–H groups in total. The summed E-state index contributed by atoms with van der Waals surface area (Å²) in [5.41, 5.74) is 1.88. The number of fused-ring (bicyclic) bond motifs is 1. The van der Waals surface area contributed by atoms with Crippen LogP contribution in [0.1, 0.15) is 38.3 Å². The van der Waals surface area contributed by atoms with Crippen LogP contribution in [-0.2, 0) is 11.2 Å². The van der Waals surface area contributed by atoms with Crippen LogP contribution >= 0.6 is 0 Å². The molecule has 2 fully saturated rings. The maximum Gasteiger partial charge on any atom is 0.228 e. The second-order valence-electron chi connectivity index (χ2n) is 7.03. The van der Waals surface area contributed by atoms with Crippen LogP contribution in [0.2, 0.25) is 0 Å². The SMILES string of the molecule is CCN1CCCC1C1CCCN1C(=O)Cc1[nH]nc2ccccc12. The van der Waals surface area contributed by atoms with E-state index in [4.69, 9.17) is 0 Å². The van der Waals surface area contributed by atoms with Gasteiger partial charge in [0.25, 0.3) is 0 Å². The Morgan fingerprint density at radius 1 is 1.21 bits per heavy atom. The molecule has 128 valence electrons. The lowest BCUT2D eigenvalue weighted by molar-refractivity contribution is -0.132. The molecule has 0 spiro atoms. The van der Waals surface area contributed by atoms with Crippen LogP contribution in [-0.4, -0.2) is 57.6 Å². The van der Waals surface area contributed by atoms with Crippen LogP contribution in [0.5, 0.6) is 0 Å². The second kappa shape index (κ2) is 6.55. The van der Waals surface area contributed by atoms with Crippen molar-refractivity contribution in [2.75, 3.05) is 19.6 Å². The molecule has 1 amide bonds. The van der Waals surface area contributed by atoms with E-state index in [9.17, 15) is 4.79 Å². The molecule has 2 aliphatic rings. The van der Waals surface area contributed by atoms with Crippen molar-refractivity contribution in [1.29, 1.82) is 0 Å². The average molecular weight is 326 g/mol. The van der Waals surface area contributed by atoms with Crippen LogP contribution in [0, 0.1) is 0 Å². The summed E-state index contributed by atoms with van der Waals surface area (Å²) < 4.78 is 0. The van der Waals surface area contributed by atoms with Gasteiger partial charge in [0, 0.05) is 24.0 Å². The number of nitrogens with zero attached hydrogens (tertiary/aromatic N) is 3. The Bertz CT molecular complexity index is 725. The van der Waals surface area contributed by atoms with E-state index < -0.39 is 0 Å². The Morgan fingerprint density at radius 2 is 2.00 bits per heavy atom. The number of carbonyl (C=O) groups excluding carboxylic acids is 1. The van der Waals surface area contributed by atoms with Gasteiger partial charge in [0.2, 0.25) is 5.91 Å². The van der Waals surface area contributed by atoms with Crippen molar-refractivity contribution >= 4 is 16.8 Å². The van der Waals surface area contributed by atoms with Gasteiger partial charge in [-0.3, -0.25) is 14.8 Å². The molecule has 2 saturated heterocycles. The zero-order valence-corrected chi connectivity index (χ0v) is 14.4. The molecule has 0 bridgehead atoms. The number of benzene rings is 1. The molecule has 1 aromatic heterocycles.